The van der Waals surface area contributed by atoms with Crippen LogP contribution >= 0.6 is 15.9 Å². The predicted molar refractivity (Wildman–Crippen MR) is 56.3 cm³/mol. The molecule has 1 unspecified atom stereocenters. The van der Waals surface area contributed by atoms with Gasteiger partial charge < -0.3 is 9.47 Å². The van der Waals surface area contributed by atoms with Gasteiger partial charge in [-0.25, -0.2) is 0 Å². The summed E-state index contributed by atoms with van der Waals surface area (Å²) in [4.78, 5) is 10.2. The molecular formula is C10H11BrO3. The van der Waals surface area contributed by atoms with Crippen molar-refractivity contribution in [2.45, 2.75) is 13.0 Å². The molecule has 0 heterocycles. The van der Waals surface area contributed by atoms with Gasteiger partial charge in [-0.3, -0.25) is 4.79 Å². The Morgan fingerprint density at radius 2 is 2.21 bits per heavy atom. The number of halogens is 1. The fourth-order valence-corrected chi connectivity index (χ4v) is 1.76. The first-order chi connectivity index (χ1) is 6.70. The Morgan fingerprint density at radius 1 is 1.50 bits per heavy atom. The lowest BCUT2D eigenvalue weighted by molar-refractivity contribution is -0.133. The molecule has 0 spiro atoms. The lowest BCUT2D eigenvalue weighted by Gasteiger charge is -2.14. The van der Waals surface area contributed by atoms with Gasteiger partial charge in [-0.1, -0.05) is 12.1 Å². The minimum atomic E-state index is -0.306. The molecule has 0 bridgehead atoms. The van der Waals surface area contributed by atoms with Crippen LogP contribution in [0.25, 0.3) is 0 Å². The summed E-state index contributed by atoms with van der Waals surface area (Å²) in [7, 11) is 1.58. The highest BCUT2D eigenvalue weighted by Crippen LogP contribution is 2.33. The molecule has 3 nitrogen and oxygen atoms in total. The average molecular weight is 259 g/mol. The van der Waals surface area contributed by atoms with Crippen LogP contribution in [0.2, 0.25) is 0 Å². The lowest BCUT2D eigenvalue weighted by atomic mass is 10.1. The van der Waals surface area contributed by atoms with E-state index in [1.165, 1.54) is 0 Å². The van der Waals surface area contributed by atoms with E-state index in [9.17, 15) is 4.79 Å². The van der Waals surface area contributed by atoms with Gasteiger partial charge in [0.2, 0.25) is 0 Å². The summed E-state index contributed by atoms with van der Waals surface area (Å²) < 4.78 is 10.9. The summed E-state index contributed by atoms with van der Waals surface area (Å²) in [6.45, 7) is 2.23. The van der Waals surface area contributed by atoms with Crippen molar-refractivity contribution < 1.29 is 14.3 Å². The maximum Gasteiger partial charge on any atom is 0.293 e. The summed E-state index contributed by atoms with van der Waals surface area (Å²) >= 11 is 3.36. The molecule has 0 fully saturated rings. The van der Waals surface area contributed by atoms with E-state index in [2.05, 4.69) is 15.9 Å². The van der Waals surface area contributed by atoms with Crippen LogP contribution < -0.4 is 4.74 Å². The zero-order valence-electron chi connectivity index (χ0n) is 7.99. The number of rotatable bonds is 4. The number of hydrogen-bond acceptors (Lipinski definition) is 3. The standard InChI is InChI=1S/C10H11BrO3/c1-7(14-6-12)8-4-3-5-9(11)10(8)13-2/h3-7H,1-2H3. The van der Waals surface area contributed by atoms with Gasteiger partial charge >= 0.3 is 0 Å². The Bertz CT molecular complexity index is 325. The molecule has 0 radical (unpaired) electrons. The molecule has 0 aromatic heterocycles. The summed E-state index contributed by atoms with van der Waals surface area (Å²) in [5, 5.41) is 0. The van der Waals surface area contributed by atoms with Crippen molar-refractivity contribution in [3.8, 4) is 5.75 Å². The molecule has 14 heavy (non-hydrogen) atoms. The quantitative estimate of drug-likeness (QED) is 0.780. The van der Waals surface area contributed by atoms with Gasteiger partial charge in [0.05, 0.1) is 11.6 Å². The number of ether oxygens (including phenoxy) is 2. The molecule has 4 heteroatoms. The van der Waals surface area contributed by atoms with Crippen molar-refractivity contribution >= 4 is 22.4 Å². The second-order valence-corrected chi connectivity index (χ2v) is 3.59. The molecule has 0 saturated heterocycles. The van der Waals surface area contributed by atoms with E-state index in [0.29, 0.717) is 12.2 Å². The molecule has 1 aromatic carbocycles. The molecule has 1 rings (SSSR count). The first-order valence-electron chi connectivity index (χ1n) is 4.12. The lowest BCUT2D eigenvalue weighted by Crippen LogP contribution is -2.01. The van der Waals surface area contributed by atoms with E-state index >= 15 is 0 Å². The molecule has 0 N–H and O–H groups in total. The second kappa shape index (κ2) is 5.00. The largest absolute Gasteiger partial charge is 0.495 e. The van der Waals surface area contributed by atoms with Gasteiger partial charge in [-0.05, 0) is 28.9 Å². The van der Waals surface area contributed by atoms with E-state index in [1.54, 1.807) is 14.0 Å². The van der Waals surface area contributed by atoms with Gasteiger partial charge in [-0.2, -0.15) is 0 Å². The Kier molecular flexibility index (Phi) is 3.95. The highest BCUT2D eigenvalue weighted by Gasteiger charge is 2.13. The van der Waals surface area contributed by atoms with E-state index in [0.717, 1.165) is 10.0 Å². The van der Waals surface area contributed by atoms with Crippen molar-refractivity contribution in [2.75, 3.05) is 7.11 Å². The van der Waals surface area contributed by atoms with E-state index < -0.39 is 0 Å². The SMILES string of the molecule is COc1c(Br)cccc1C(C)OC=O. The van der Waals surface area contributed by atoms with Crippen LogP contribution in [-0.2, 0) is 9.53 Å². The summed E-state index contributed by atoms with van der Waals surface area (Å²) in [6, 6.07) is 5.60. The molecule has 0 aliphatic heterocycles. The third kappa shape index (κ3) is 2.26. The molecule has 0 aliphatic rings. The first kappa shape index (κ1) is 11.0. The molecule has 0 aliphatic carbocycles. The van der Waals surface area contributed by atoms with Crippen molar-refractivity contribution in [3.05, 3.63) is 28.2 Å². The number of hydrogen-bond donors (Lipinski definition) is 0. The fourth-order valence-electron chi connectivity index (χ4n) is 1.22. The molecule has 1 atom stereocenters. The van der Waals surface area contributed by atoms with Crippen molar-refractivity contribution in [1.82, 2.24) is 0 Å². The number of para-hydroxylation sites is 1. The normalized spacial score (nSPS) is 11.9. The van der Waals surface area contributed by atoms with E-state index in [1.807, 2.05) is 18.2 Å². The van der Waals surface area contributed by atoms with Crippen molar-refractivity contribution in [3.63, 3.8) is 0 Å². The van der Waals surface area contributed by atoms with Gasteiger partial charge in [0, 0.05) is 5.56 Å². The Labute approximate surface area is 91.1 Å². The van der Waals surface area contributed by atoms with Crippen molar-refractivity contribution in [1.29, 1.82) is 0 Å². The highest BCUT2D eigenvalue weighted by atomic mass is 79.9. The van der Waals surface area contributed by atoms with Crippen LogP contribution in [0.15, 0.2) is 22.7 Å². The molecule has 0 amide bonds. The van der Waals surface area contributed by atoms with Gasteiger partial charge in [0.25, 0.3) is 6.47 Å². The maximum atomic E-state index is 10.2. The average Bonchev–Trinajstić information content (AvgIpc) is 2.17. The van der Waals surface area contributed by atoms with Crippen LogP contribution in [-0.4, -0.2) is 13.6 Å². The van der Waals surface area contributed by atoms with Crippen LogP contribution in [0, 0.1) is 0 Å². The Hall–Kier alpha value is -1.03. The monoisotopic (exact) mass is 258 g/mol. The zero-order chi connectivity index (χ0) is 10.6. The number of carbonyl (C=O) groups excluding carboxylic acids is 1. The van der Waals surface area contributed by atoms with E-state index in [4.69, 9.17) is 9.47 Å². The first-order valence-corrected chi connectivity index (χ1v) is 4.91. The molecule has 76 valence electrons. The minimum Gasteiger partial charge on any atom is -0.495 e. The topological polar surface area (TPSA) is 35.5 Å². The van der Waals surface area contributed by atoms with Crippen molar-refractivity contribution in [2.24, 2.45) is 0 Å². The Balaban J connectivity index is 3.06. The summed E-state index contributed by atoms with van der Waals surface area (Å²) in [6.07, 6.45) is -0.306. The second-order valence-electron chi connectivity index (χ2n) is 2.74. The zero-order valence-corrected chi connectivity index (χ0v) is 9.58. The maximum absolute atomic E-state index is 10.2. The number of benzene rings is 1. The highest BCUT2D eigenvalue weighted by molar-refractivity contribution is 9.10. The third-order valence-electron chi connectivity index (χ3n) is 1.90. The van der Waals surface area contributed by atoms with Crippen LogP contribution in [0.3, 0.4) is 0 Å². The number of methoxy groups -OCH3 is 1. The minimum absolute atomic E-state index is 0.306. The molecule has 1 aromatic rings. The third-order valence-corrected chi connectivity index (χ3v) is 2.52. The predicted octanol–water partition coefficient (Wildman–Crippen LogP) is 2.69. The molecular weight excluding hydrogens is 248 g/mol. The van der Waals surface area contributed by atoms with Gasteiger partial charge in [0.15, 0.2) is 0 Å². The van der Waals surface area contributed by atoms with E-state index in [-0.39, 0.29) is 6.10 Å². The smallest absolute Gasteiger partial charge is 0.293 e. The summed E-state index contributed by atoms with van der Waals surface area (Å²) in [5.41, 5.74) is 0.842. The van der Waals surface area contributed by atoms with Crippen LogP contribution in [0.4, 0.5) is 0 Å². The summed E-state index contributed by atoms with van der Waals surface area (Å²) in [5.74, 6) is 0.696. The van der Waals surface area contributed by atoms with Gasteiger partial charge in [0.1, 0.15) is 11.9 Å². The van der Waals surface area contributed by atoms with Crippen LogP contribution in [0.1, 0.15) is 18.6 Å². The Morgan fingerprint density at radius 3 is 2.79 bits per heavy atom. The van der Waals surface area contributed by atoms with Gasteiger partial charge in [-0.15, -0.1) is 0 Å². The molecule has 0 saturated carbocycles. The van der Waals surface area contributed by atoms with Crippen LogP contribution in [0.5, 0.6) is 5.75 Å². The number of carbonyl (C=O) groups is 1. The fraction of sp³-hybridized carbons (Fsp3) is 0.300.